The van der Waals surface area contributed by atoms with Gasteiger partial charge in [-0.1, -0.05) is 74.0 Å². The normalized spacial score (nSPS) is 13.4. The van der Waals surface area contributed by atoms with E-state index in [0.717, 1.165) is 40.1 Å². The number of nitrogens with zero attached hydrogens (tertiary/aromatic N) is 1. The van der Waals surface area contributed by atoms with Gasteiger partial charge in [0, 0.05) is 16.9 Å². The van der Waals surface area contributed by atoms with Crippen molar-refractivity contribution >= 4 is 40.7 Å². The molecule has 0 aliphatic carbocycles. The van der Waals surface area contributed by atoms with Gasteiger partial charge in [0.2, 0.25) is 0 Å². The Hall–Kier alpha value is -3.90. The molecule has 35 heavy (non-hydrogen) atoms. The number of nitrogens with one attached hydrogen (secondary N) is 2. The van der Waals surface area contributed by atoms with Gasteiger partial charge in [0.05, 0.1) is 6.54 Å². The van der Waals surface area contributed by atoms with Crippen LogP contribution in [-0.2, 0) is 29.0 Å². The third-order valence-corrected chi connectivity index (χ3v) is 6.30. The molecule has 0 unspecified atom stereocenters. The molecule has 0 spiro atoms. The lowest BCUT2D eigenvalue weighted by molar-refractivity contribution is -0.138. The molecule has 3 aromatic carbocycles. The Labute approximate surface area is 209 Å². The lowest BCUT2D eigenvalue weighted by atomic mass is 10.0. The highest BCUT2D eigenvalue weighted by Crippen LogP contribution is 2.28. The molecule has 2 N–H and O–H groups in total. The predicted octanol–water partition coefficient (Wildman–Crippen LogP) is 5.50. The highest BCUT2D eigenvalue weighted by Gasteiger charge is 2.37. The number of para-hydroxylation sites is 1. The number of halogens is 1. The topological polar surface area (TPSA) is 78.5 Å². The van der Waals surface area contributed by atoms with Crippen molar-refractivity contribution in [3.05, 3.63) is 106 Å². The summed E-state index contributed by atoms with van der Waals surface area (Å²) in [6.45, 7) is 4.25. The summed E-state index contributed by atoms with van der Waals surface area (Å²) >= 11 is 6.20. The van der Waals surface area contributed by atoms with Crippen molar-refractivity contribution in [2.45, 2.75) is 33.2 Å². The molecule has 0 saturated heterocycles. The van der Waals surface area contributed by atoms with Crippen LogP contribution in [0.2, 0.25) is 0 Å². The molecule has 0 atom stereocenters. The van der Waals surface area contributed by atoms with Gasteiger partial charge in [-0.05, 0) is 53.8 Å². The molecule has 4 rings (SSSR count). The van der Waals surface area contributed by atoms with E-state index >= 15 is 0 Å². The van der Waals surface area contributed by atoms with Gasteiger partial charge >= 0.3 is 0 Å². The van der Waals surface area contributed by atoms with Gasteiger partial charge < -0.3 is 10.6 Å². The summed E-state index contributed by atoms with van der Waals surface area (Å²) in [6.07, 6.45) is 1.63. The zero-order chi connectivity index (χ0) is 24.9. The van der Waals surface area contributed by atoms with Crippen molar-refractivity contribution < 1.29 is 14.4 Å². The Morgan fingerprint density at radius 2 is 1.46 bits per heavy atom. The van der Waals surface area contributed by atoms with Gasteiger partial charge in [0.15, 0.2) is 0 Å². The van der Waals surface area contributed by atoms with Crippen LogP contribution < -0.4 is 10.6 Å². The molecule has 0 aromatic heterocycles. The Balaban J connectivity index is 1.46. The van der Waals surface area contributed by atoms with Crippen LogP contribution in [0.3, 0.4) is 0 Å². The van der Waals surface area contributed by atoms with Gasteiger partial charge in [-0.3, -0.25) is 19.3 Å². The van der Waals surface area contributed by atoms with Crippen LogP contribution in [-0.4, -0.2) is 22.6 Å². The molecule has 1 aliphatic rings. The number of imide groups is 1. The number of anilines is 2. The maximum absolute atomic E-state index is 12.9. The average molecular weight is 488 g/mol. The van der Waals surface area contributed by atoms with Crippen molar-refractivity contribution in [1.82, 2.24) is 4.90 Å². The first-order valence-corrected chi connectivity index (χ1v) is 11.9. The van der Waals surface area contributed by atoms with Crippen molar-refractivity contribution in [1.29, 1.82) is 0 Å². The first-order valence-electron chi connectivity index (χ1n) is 11.5. The largest absolute Gasteiger partial charge is 0.350 e. The monoisotopic (exact) mass is 487 g/mol. The van der Waals surface area contributed by atoms with E-state index in [2.05, 4.69) is 24.5 Å². The third-order valence-electron chi connectivity index (χ3n) is 5.95. The smallest absolute Gasteiger partial charge is 0.279 e. The highest BCUT2D eigenvalue weighted by atomic mass is 35.5. The standard InChI is InChI=1S/C28H26ClN3O3/c1-3-19-11-8-12-20(4-2)24(19)31-26(33)21-13-15-22(16-14-21)30-25-23(29)27(34)32(28(25)35)17-18-9-6-5-7-10-18/h5-16,30H,3-4,17H2,1-2H3,(H,31,33). The minimum Gasteiger partial charge on any atom is -0.350 e. The fourth-order valence-electron chi connectivity index (χ4n) is 4.00. The summed E-state index contributed by atoms with van der Waals surface area (Å²) in [5.74, 6) is -1.25. The second kappa shape index (κ2) is 10.6. The van der Waals surface area contributed by atoms with E-state index in [4.69, 9.17) is 11.6 Å². The molecule has 3 amide bonds. The molecule has 178 valence electrons. The van der Waals surface area contributed by atoms with Crippen molar-refractivity contribution in [3.63, 3.8) is 0 Å². The Morgan fingerprint density at radius 1 is 0.829 bits per heavy atom. The number of aryl methyl sites for hydroxylation is 2. The number of amides is 3. The summed E-state index contributed by atoms with van der Waals surface area (Å²) in [4.78, 5) is 39.4. The second-order valence-corrected chi connectivity index (χ2v) is 8.56. The SMILES string of the molecule is CCc1cccc(CC)c1NC(=O)c1ccc(NC2=C(Cl)C(=O)N(Cc3ccccc3)C2=O)cc1. The predicted molar refractivity (Wildman–Crippen MR) is 138 cm³/mol. The summed E-state index contributed by atoms with van der Waals surface area (Å²) in [7, 11) is 0. The summed E-state index contributed by atoms with van der Waals surface area (Å²) in [6, 6.07) is 21.9. The number of carbonyl (C=O) groups is 3. The molecule has 0 bridgehead atoms. The minimum absolute atomic E-state index is 0.0225. The van der Waals surface area contributed by atoms with Crippen LogP contribution in [0.1, 0.15) is 40.9 Å². The molecule has 0 radical (unpaired) electrons. The average Bonchev–Trinajstić information content (AvgIpc) is 3.08. The summed E-state index contributed by atoms with van der Waals surface area (Å²) < 4.78 is 0. The van der Waals surface area contributed by atoms with Gasteiger partial charge in [0.1, 0.15) is 10.7 Å². The zero-order valence-corrected chi connectivity index (χ0v) is 20.4. The second-order valence-electron chi connectivity index (χ2n) is 8.19. The van der Waals surface area contributed by atoms with E-state index in [0.29, 0.717) is 11.3 Å². The van der Waals surface area contributed by atoms with E-state index in [-0.39, 0.29) is 23.2 Å². The van der Waals surface area contributed by atoms with Crippen molar-refractivity contribution in [3.8, 4) is 0 Å². The van der Waals surface area contributed by atoms with E-state index in [1.807, 2.05) is 48.5 Å². The molecule has 3 aromatic rings. The zero-order valence-electron chi connectivity index (χ0n) is 19.6. The Kier molecular flexibility index (Phi) is 7.32. The number of benzene rings is 3. The molecule has 6 nitrogen and oxygen atoms in total. The lowest BCUT2D eigenvalue weighted by Crippen LogP contribution is -2.31. The molecule has 1 heterocycles. The maximum Gasteiger partial charge on any atom is 0.279 e. The first kappa shape index (κ1) is 24.2. The summed E-state index contributed by atoms with van der Waals surface area (Å²) in [5.41, 5.74) is 4.89. The van der Waals surface area contributed by atoms with E-state index < -0.39 is 11.8 Å². The minimum atomic E-state index is -0.541. The summed E-state index contributed by atoms with van der Waals surface area (Å²) in [5, 5.41) is 5.83. The van der Waals surface area contributed by atoms with Crippen LogP contribution >= 0.6 is 11.6 Å². The molecule has 0 saturated carbocycles. The van der Waals surface area contributed by atoms with E-state index in [1.54, 1.807) is 24.3 Å². The Morgan fingerprint density at radius 3 is 2.06 bits per heavy atom. The van der Waals surface area contributed by atoms with Gasteiger partial charge in [-0.15, -0.1) is 0 Å². The van der Waals surface area contributed by atoms with Gasteiger partial charge in [-0.2, -0.15) is 0 Å². The van der Waals surface area contributed by atoms with Crippen LogP contribution in [0.5, 0.6) is 0 Å². The molecular weight excluding hydrogens is 462 g/mol. The van der Waals surface area contributed by atoms with Gasteiger partial charge in [0.25, 0.3) is 17.7 Å². The Bertz CT molecular complexity index is 1280. The first-order chi connectivity index (χ1) is 16.9. The highest BCUT2D eigenvalue weighted by molar-refractivity contribution is 6.48. The molecular formula is C28H26ClN3O3. The van der Waals surface area contributed by atoms with Crippen molar-refractivity contribution in [2.24, 2.45) is 0 Å². The van der Waals surface area contributed by atoms with E-state index in [9.17, 15) is 14.4 Å². The van der Waals surface area contributed by atoms with Gasteiger partial charge in [-0.25, -0.2) is 0 Å². The fourth-order valence-corrected chi connectivity index (χ4v) is 4.23. The van der Waals surface area contributed by atoms with Crippen LogP contribution in [0.15, 0.2) is 83.5 Å². The number of rotatable bonds is 8. The number of hydrogen-bond acceptors (Lipinski definition) is 4. The third kappa shape index (κ3) is 5.12. The lowest BCUT2D eigenvalue weighted by Gasteiger charge is -2.15. The van der Waals surface area contributed by atoms with Crippen LogP contribution in [0.25, 0.3) is 0 Å². The molecule has 1 aliphatic heterocycles. The number of hydrogen-bond donors (Lipinski definition) is 2. The number of carbonyl (C=O) groups excluding carboxylic acids is 3. The molecule has 7 heteroatoms. The molecule has 0 fully saturated rings. The van der Waals surface area contributed by atoms with Crippen LogP contribution in [0, 0.1) is 0 Å². The van der Waals surface area contributed by atoms with Crippen molar-refractivity contribution in [2.75, 3.05) is 10.6 Å². The fraction of sp³-hybridized carbons (Fsp3) is 0.179. The quantitative estimate of drug-likeness (QED) is 0.411. The maximum atomic E-state index is 12.9. The van der Waals surface area contributed by atoms with Crippen LogP contribution in [0.4, 0.5) is 11.4 Å². The van der Waals surface area contributed by atoms with E-state index in [1.165, 1.54) is 0 Å².